The molecule has 3 fully saturated rings. The van der Waals surface area contributed by atoms with Gasteiger partial charge in [0, 0.05) is 39.3 Å². The summed E-state index contributed by atoms with van der Waals surface area (Å²) in [6.07, 6.45) is 9.15. The summed E-state index contributed by atoms with van der Waals surface area (Å²) >= 11 is 0. The zero-order valence-electron chi connectivity index (χ0n) is 18.4. The minimum Gasteiger partial charge on any atom is -0.376 e. The number of hydrogen-bond acceptors (Lipinski definition) is 4. The van der Waals surface area contributed by atoms with Crippen LogP contribution in [-0.2, 0) is 9.47 Å². The summed E-state index contributed by atoms with van der Waals surface area (Å²) in [6, 6.07) is 0.556. The van der Waals surface area contributed by atoms with E-state index in [0.717, 1.165) is 64.0 Å². The number of ether oxygens (including phenoxy) is 2. The Morgan fingerprint density at radius 3 is 2.50 bits per heavy atom. The van der Waals surface area contributed by atoms with Crippen LogP contribution in [0.2, 0.25) is 0 Å². The van der Waals surface area contributed by atoms with Gasteiger partial charge in [-0.05, 0) is 70.9 Å². The number of piperidine rings is 2. The van der Waals surface area contributed by atoms with Crippen LogP contribution in [-0.4, -0.2) is 87.0 Å². The highest BCUT2D eigenvalue weighted by atomic mass is 16.5. The number of nitrogens with one attached hydrogen (secondary N) is 1. The molecule has 0 aromatic rings. The highest BCUT2D eigenvalue weighted by molar-refractivity contribution is 5.80. The molecule has 0 amide bonds. The van der Waals surface area contributed by atoms with E-state index in [0.29, 0.717) is 18.2 Å². The zero-order valence-corrected chi connectivity index (χ0v) is 18.4. The Labute approximate surface area is 172 Å². The van der Waals surface area contributed by atoms with E-state index in [4.69, 9.17) is 9.47 Å². The van der Waals surface area contributed by atoms with Crippen LogP contribution in [0.4, 0.5) is 0 Å². The summed E-state index contributed by atoms with van der Waals surface area (Å²) in [5.74, 6) is 1.93. The fourth-order valence-electron chi connectivity index (χ4n) is 4.59. The molecule has 3 aliphatic heterocycles. The van der Waals surface area contributed by atoms with Gasteiger partial charge >= 0.3 is 0 Å². The standard InChI is InChI=1S/C22H42N4O2/c1-18-7-11-25(12-8-18)19(2)16-24-22(23-3)26-13-9-20(10-14-26)28-17-21-6-4-5-15-27-21/h18-21H,4-17H2,1-3H3,(H,23,24). The number of guanidine groups is 1. The topological polar surface area (TPSA) is 49.3 Å². The van der Waals surface area contributed by atoms with E-state index >= 15 is 0 Å². The second kappa shape index (κ2) is 11.4. The average Bonchev–Trinajstić information content (AvgIpc) is 2.74. The molecular weight excluding hydrogens is 352 g/mol. The number of nitrogens with zero attached hydrogens (tertiary/aromatic N) is 3. The molecule has 162 valence electrons. The van der Waals surface area contributed by atoms with E-state index in [-0.39, 0.29) is 0 Å². The third kappa shape index (κ3) is 6.60. The van der Waals surface area contributed by atoms with Crippen LogP contribution in [0.1, 0.15) is 58.8 Å². The molecule has 0 aliphatic carbocycles. The van der Waals surface area contributed by atoms with E-state index in [2.05, 4.69) is 34.0 Å². The lowest BCUT2D eigenvalue weighted by Gasteiger charge is -2.37. The number of rotatable bonds is 6. The predicted molar refractivity (Wildman–Crippen MR) is 115 cm³/mol. The lowest BCUT2D eigenvalue weighted by molar-refractivity contribution is -0.0721. The summed E-state index contributed by atoms with van der Waals surface area (Å²) in [5, 5.41) is 3.62. The van der Waals surface area contributed by atoms with Crippen LogP contribution in [0, 0.1) is 5.92 Å². The lowest BCUT2D eigenvalue weighted by atomic mass is 9.98. The molecule has 6 heteroatoms. The predicted octanol–water partition coefficient (Wildman–Crippen LogP) is 2.73. The van der Waals surface area contributed by atoms with Crippen molar-refractivity contribution < 1.29 is 9.47 Å². The molecule has 0 bridgehead atoms. The van der Waals surface area contributed by atoms with Gasteiger partial charge in [-0.2, -0.15) is 0 Å². The summed E-state index contributed by atoms with van der Waals surface area (Å²) in [5.41, 5.74) is 0. The van der Waals surface area contributed by atoms with Gasteiger partial charge in [0.1, 0.15) is 0 Å². The Kier molecular flexibility index (Phi) is 8.87. The quantitative estimate of drug-likeness (QED) is 0.554. The molecule has 0 spiro atoms. The highest BCUT2D eigenvalue weighted by Crippen LogP contribution is 2.19. The van der Waals surface area contributed by atoms with Gasteiger partial charge in [0.15, 0.2) is 5.96 Å². The van der Waals surface area contributed by atoms with Gasteiger partial charge in [0.05, 0.1) is 18.8 Å². The van der Waals surface area contributed by atoms with Crippen molar-refractivity contribution in [1.82, 2.24) is 15.1 Å². The van der Waals surface area contributed by atoms with E-state index in [1.165, 1.54) is 38.8 Å². The normalized spacial score (nSPS) is 27.8. The lowest BCUT2D eigenvalue weighted by Crippen LogP contribution is -2.51. The van der Waals surface area contributed by atoms with Crippen molar-refractivity contribution in [2.24, 2.45) is 10.9 Å². The van der Waals surface area contributed by atoms with E-state index in [1.807, 2.05) is 7.05 Å². The Hall–Kier alpha value is -0.850. The third-order valence-electron chi connectivity index (χ3n) is 6.74. The minimum absolute atomic E-state index is 0.320. The van der Waals surface area contributed by atoms with Gasteiger partial charge in [0.2, 0.25) is 0 Å². The molecule has 2 unspecified atom stereocenters. The molecule has 2 atom stereocenters. The molecule has 0 radical (unpaired) electrons. The van der Waals surface area contributed by atoms with Gasteiger partial charge in [-0.1, -0.05) is 6.92 Å². The molecule has 28 heavy (non-hydrogen) atoms. The third-order valence-corrected chi connectivity index (χ3v) is 6.74. The minimum atomic E-state index is 0.320. The van der Waals surface area contributed by atoms with Gasteiger partial charge < -0.3 is 19.7 Å². The number of aliphatic imine (C=N–C) groups is 1. The smallest absolute Gasteiger partial charge is 0.193 e. The first kappa shape index (κ1) is 21.8. The monoisotopic (exact) mass is 394 g/mol. The van der Waals surface area contributed by atoms with Gasteiger partial charge in [-0.15, -0.1) is 0 Å². The van der Waals surface area contributed by atoms with Crippen molar-refractivity contribution in [1.29, 1.82) is 0 Å². The summed E-state index contributed by atoms with van der Waals surface area (Å²) in [6.45, 7) is 11.9. The Morgan fingerprint density at radius 1 is 1.11 bits per heavy atom. The number of hydrogen-bond donors (Lipinski definition) is 1. The SMILES string of the molecule is CN=C(NCC(C)N1CCC(C)CC1)N1CCC(OCC2CCCCO2)CC1. The van der Waals surface area contributed by atoms with Crippen molar-refractivity contribution >= 4 is 5.96 Å². The highest BCUT2D eigenvalue weighted by Gasteiger charge is 2.25. The maximum absolute atomic E-state index is 6.15. The Morgan fingerprint density at radius 2 is 1.86 bits per heavy atom. The molecule has 0 aromatic carbocycles. The van der Waals surface area contributed by atoms with Crippen LogP contribution in [0.15, 0.2) is 4.99 Å². The zero-order chi connectivity index (χ0) is 19.8. The van der Waals surface area contributed by atoms with Crippen LogP contribution in [0.5, 0.6) is 0 Å². The summed E-state index contributed by atoms with van der Waals surface area (Å²) in [4.78, 5) is 9.55. The molecule has 0 saturated carbocycles. The summed E-state index contributed by atoms with van der Waals surface area (Å²) in [7, 11) is 1.90. The molecule has 0 aromatic heterocycles. The van der Waals surface area contributed by atoms with Crippen molar-refractivity contribution in [3.05, 3.63) is 0 Å². The fourth-order valence-corrected chi connectivity index (χ4v) is 4.59. The second-order valence-electron chi connectivity index (χ2n) is 9.00. The van der Waals surface area contributed by atoms with Crippen molar-refractivity contribution in [2.75, 3.05) is 53.0 Å². The van der Waals surface area contributed by atoms with Crippen LogP contribution in [0.3, 0.4) is 0 Å². The van der Waals surface area contributed by atoms with Crippen molar-refractivity contribution in [2.45, 2.75) is 77.0 Å². The molecule has 6 nitrogen and oxygen atoms in total. The van der Waals surface area contributed by atoms with Crippen molar-refractivity contribution in [3.63, 3.8) is 0 Å². The molecule has 3 saturated heterocycles. The summed E-state index contributed by atoms with van der Waals surface area (Å²) < 4.78 is 11.9. The largest absolute Gasteiger partial charge is 0.376 e. The molecule has 3 heterocycles. The average molecular weight is 395 g/mol. The first-order chi connectivity index (χ1) is 13.7. The van der Waals surface area contributed by atoms with E-state index in [9.17, 15) is 0 Å². The Bertz CT molecular complexity index is 465. The molecular formula is C22H42N4O2. The second-order valence-corrected chi connectivity index (χ2v) is 9.00. The number of likely N-dealkylation sites (tertiary alicyclic amines) is 2. The maximum atomic E-state index is 6.15. The molecule has 1 N–H and O–H groups in total. The van der Waals surface area contributed by atoms with E-state index in [1.54, 1.807) is 0 Å². The van der Waals surface area contributed by atoms with Gasteiger partial charge in [-0.3, -0.25) is 9.89 Å². The van der Waals surface area contributed by atoms with Crippen molar-refractivity contribution in [3.8, 4) is 0 Å². The maximum Gasteiger partial charge on any atom is 0.193 e. The first-order valence-corrected chi connectivity index (χ1v) is 11.6. The van der Waals surface area contributed by atoms with Gasteiger partial charge in [0.25, 0.3) is 0 Å². The Balaban J connectivity index is 1.34. The van der Waals surface area contributed by atoms with E-state index < -0.39 is 0 Å². The molecule has 3 aliphatic rings. The van der Waals surface area contributed by atoms with Crippen LogP contribution >= 0.6 is 0 Å². The molecule has 3 rings (SSSR count). The fraction of sp³-hybridized carbons (Fsp3) is 0.955. The van der Waals surface area contributed by atoms with Crippen LogP contribution in [0.25, 0.3) is 0 Å². The van der Waals surface area contributed by atoms with Gasteiger partial charge in [-0.25, -0.2) is 0 Å². The van der Waals surface area contributed by atoms with Crippen LogP contribution < -0.4 is 5.32 Å². The first-order valence-electron chi connectivity index (χ1n) is 11.6.